The van der Waals surface area contributed by atoms with Gasteiger partial charge >= 0.3 is 0 Å². The number of amides is 1. The number of nitrogens with zero attached hydrogens (tertiary/aromatic N) is 2. The molecule has 0 spiro atoms. The van der Waals surface area contributed by atoms with E-state index < -0.39 is 0 Å². The Hall–Kier alpha value is -1.72. The first kappa shape index (κ1) is 18.6. The molecule has 1 atom stereocenters. The van der Waals surface area contributed by atoms with Gasteiger partial charge in [0, 0.05) is 13.0 Å². The first-order chi connectivity index (χ1) is 11.4. The van der Waals surface area contributed by atoms with Crippen molar-refractivity contribution >= 4 is 17.2 Å². The SMILES string of the molecule is Cc1nc(CC(C)C)sc1C(=O)NCC(c1ccccc1)N(C)C. The Balaban J connectivity index is 2.05. The fourth-order valence-electron chi connectivity index (χ4n) is 2.64. The number of likely N-dealkylation sites (N-methyl/N-ethyl adjacent to an activating group) is 1. The summed E-state index contributed by atoms with van der Waals surface area (Å²) in [7, 11) is 4.06. The molecule has 1 amide bonds. The third kappa shape index (κ3) is 4.89. The summed E-state index contributed by atoms with van der Waals surface area (Å²) in [5.41, 5.74) is 2.03. The van der Waals surface area contributed by atoms with Crippen molar-refractivity contribution in [3.8, 4) is 0 Å². The largest absolute Gasteiger partial charge is 0.349 e. The van der Waals surface area contributed by atoms with E-state index in [9.17, 15) is 4.79 Å². The molecule has 0 radical (unpaired) electrons. The molecule has 1 aromatic heterocycles. The molecule has 2 aromatic rings. The topological polar surface area (TPSA) is 45.2 Å². The summed E-state index contributed by atoms with van der Waals surface area (Å²) in [6, 6.07) is 10.4. The maximum absolute atomic E-state index is 12.6. The van der Waals surface area contributed by atoms with Gasteiger partial charge < -0.3 is 10.2 Å². The zero-order chi connectivity index (χ0) is 17.7. The van der Waals surface area contributed by atoms with Crippen LogP contribution in [0.2, 0.25) is 0 Å². The van der Waals surface area contributed by atoms with Crippen LogP contribution >= 0.6 is 11.3 Å². The first-order valence-corrected chi connectivity index (χ1v) is 9.16. The minimum Gasteiger partial charge on any atom is -0.349 e. The van der Waals surface area contributed by atoms with Crippen LogP contribution in [0.5, 0.6) is 0 Å². The van der Waals surface area contributed by atoms with Gasteiger partial charge in [-0.05, 0) is 32.5 Å². The average molecular weight is 346 g/mol. The van der Waals surface area contributed by atoms with E-state index in [4.69, 9.17) is 0 Å². The Bertz CT molecular complexity index is 665. The fourth-order valence-corrected chi connectivity index (χ4v) is 3.84. The summed E-state index contributed by atoms with van der Waals surface area (Å²) in [4.78, 5) is 20.0. The van der Waals surface area contributed by atoms with Gasteiger partial charge in [-0.3, -0.25) is 4.79 Å². The molecule has 0 aliphatic heterocycles. The van der Waals surface area contributed by atoms with Crippen LogP contribution < -0.4 is 5.32 Å². The predicted octanol–water partition coefficient (Wildman–Crippen LogP) is 3.68. The second kappa shape index (κ2) is 8.40. The molecule has 0 aliphatic rings. The summed E-state index contributed by atoms with van der Waals surface area (Å²) in [5, 5.41) is 4.12. The maximum Gasteiger partial charge on any atom is 0.263 e. The van der Waals surface area contributed by atoms with Crippen molar-refractivity contribution in [2.75, 3.05) is 20.6 Å². The fraction of sp³-hybridized carbons (Fsp3) is 0.474. The Morgan fingerprint density at radius 2 is 1.92 bits per heavy atom. The lowest BCUT2D eigenvalue weighted by Crippen LogP contribution is -2.34. The number of benzene rings is 1. The van der Waals surface area contributed by atoms with Crippen LogP contribution in [0.4, 0.5) is 0 Å². The van der Waals surface area contributed by atoms with Gasteiger partial charge in [-0.25, -0.2) is 4.98 Å². The Labute approximate surface area is 148 Å². The third-order valence-corrected chi connectivity index (χ3v) is 5.07. The molecule has 0 aliphatic carbocycles. The van der Waals surface area contributed by atoms with Crippen molar-refractivity contribution in [2.24, 2.45) is 5.92 Å². The summed E-state index contributed by atoms with van der Waals surface area (Å²) < 4.78 is 0. The van der Waals surface area contributed by atoms with E-state index in [0.29, 0.717) is 12.5 Å². The highest BCUT2D eigenvalue weighted by Crippen LogP contribution is 2.21. The summed E-state index contributed by atoms with van der Waals surface area (Å²) >= 11 is 1.52. The average Bonchev–Trinajstić information content (AvgIpc) is 2.87. The van der Waals surface area contributed by atoms with Crippen molar-refractivity contribution in [3.05, 3.63) is 51.5 Å². The first-order valence-electron chi connectivity index (χ1n) is 8.34. The number of hydrogen-bond donors (Lipinski definition) is 1. The van der Waals surface area contributed by atoms with Crippen LogP contribution in [0.1, 0.15) is 45.8 Å². The van der Waals surface area contributed by atoms with Crippen molar-refractivity contribution in [1.82, 2.24) is 15.2 Å². The Morgan fingerprint density at radius 1 is 1.25 bits per heavy atom. The number of nitrogens with one attached hydrogen (secondary N) is 1. The van der Waals surface area contributed by atoms with Crippen molar-refractivity contribution in [1.29, 1.82) is 0 Å². The quantitative estimate of drug-likeness (QED) is 0.832. The number of carbonyl (C=O) groups is 1. The molecule has 130 valence electrons. The molecule has 0 fully saturated rings. The number of aromatic nitrogens is 1. The molecule has 0 saturated carbocycles. The number of rotatable bonds is 7. The second-order valence-electron chi connectivity index (χ2n) is 6.72. The normalized spacial score (nSPS) is 12.6. The van der Waals surface area contributed by atoms with Crippen molar-refractivity contribution in [2.45, 2.75) is 33.2 Å². The van der Waals surface area contributed by atoms with Gasteiger partial charge in [0.25, 0.3) is 5.91 Å². The highest BCUT2D eigenvalue weighted by Gasteiger charge is 2.19. The van der Waals surface area contributed by atoms with Crippen molar-refractivity contribution < 1.29 is 4.79 Å². The Morgan fingerprint density at radius 3 is 2.50 bits per heavy atom. The van der Waals surface area contributed by atoms with E-state index in [1.54, 1.807) is 0 Å². The summed E-state index contributed by atoms with van der Waals surface area (Å²) in [5.74, 6) is 0.519. The second-order valence-corrected chi connectivity index (χ2v) is 7.80. The van der Waals surface area contributed by atoms with Crippen LogP contribution in [-0.4, -0.2) is 36.4 Å². The van der Waals surface area contributed by atoms with E-state index in [1.807, 2.05) is 39.2 Å². The standard InChI is InChI=1S/C19H27N3OS/c1-13(2)11-17-21-14(3)18(24-17)19(23)20-12-16(22(4)5)15-9-7-6-8-10-15/h6-10,13,16H,11-12H2,1-5H3,(H,20,23). The van der Waals surface area contributed by atoms with Crippen LogP contribution in [-0.2, 0) is 6.42 Å². The molecule has 5 heteroatoms. The number of thiazole rings is 1. The van der Waals surface area contributed by atoms with E-state index in [0.717, 1.165) is 22.0 Å². The lowest BCUT2D eigenvalue weighted by atomic mass is 10.1. The van der Waals surface area contributed by atoms with Crippen LogP contribution in [0.3, 0.4) is 0 Å². The lowest BCUT2D eigenvalue weighted by Gasteiger charge is -2.25. The highest BCUT2D eigenvalue weighted by molar-refractivity contribution is 7.13. The molecule has 4 nitrogen and oxygen atoms in total. The predicted molar refractivity (Wildman–Crippen MR) is 101 cm³/mol. The van der Waals surface area contributed by atoms with Gasteiger partial charge in [0.15, 0.2) is 0 Å². The highest BCUT2D eigenvalue weighted by atomic mass is 32.1. The van der Waals surface area contributed by atoms with Gasteiger partial charge in [-0.2, -0.15) is 0 Å². The molecule has 1 N–H and O–H groups in total. The maximum atomic E-state index is 12.6. The van der Waals surface area contributed by atoms with Crippen LogP contribution in [0, 0.1) is 12.8 Å². The third-order valence-electron chi connectivity index (χ3n) is 3.89. The van der Waals surface area contributed by atoms with E-state index in [2.05, 4.69) is 41.2 Å². The number of hydrogen-bond acceptors (Lipinski definition) is 4. The van der Waals surface area contributed by atoms with Gasteiger partial charge in [-0.15, -0.1) is 11.3 Å². The Kier molecular flexibility index (Phi) is 6.52. The van der Waals surface area contributed by atoms with Gasteiger partial charge in [0.1, 0.15) is 4.88 Å². The zero-order valence-electron chi connectivity index (χ0n) is 15.2. The minimum absolute atomic E-state index is 0.0252. The molecular weight excluding hydrogens is 318 g/mol. The monoisotopic (exact) mass is 345 g/mol. The van der Waals surface area contributed by atoms with E-state index >= 15 is 0 Å². The smallest absolute Gasteiger partial charge is 0.263 e. The lowest BCUT2D eigenvalue weighted by molar-refractivity contribution is 0.0945. The van der Waals surface area contributed by atoms with E-state index in [1.165, 1.54) is 16.9 Å². The van der Waals surface area contributed by atoms with Gasteiger partial charge in [-0.1, -0.05) is 44.2 Å². The minimum atomic E-state index is -0.0252. The molecule has 1 unspecified atom stereocenters. The van der Waals surface area contributed by atoms with Crippen LogP contribution in [0.25, 0.3) is 0 Å². The molecule has 1 heterocycles. The van der Waals surface area contributed by atoms with Crippen molar-refractivity contribution in [3.63, 3.8) is 0 Å². The molecule has 0 bridgehead atoms. The molecular formula is C19H27N3OS. The number of carbonyl (C=O) groups excluding carboxylic acids is 1. The molecule has 1 aromatic carbocycles. The summed E-state index contributed by atoms with van der Waals surface area (Å²) in [6.07, 6.45) is 0.920. The van der Waals surface area contributed by atoms with Gasteiger partial charge in [0.2, 0.25) is 0 Å². The summed E-state index contributed by atoms with van der Waals surface area (Å²) in [6.45, 7) is 6.82. The van der Waals surface area contributed by atoms with Gasteiger partial charge in [0.05, 0.1) is 16.7 Å². The molecule has 0 saturated heterocycles. The van der Waals surface area contributed by atoms with Crippen LogP contribution in [0.15, 0.2) is 30.3 Å². The molecule has 24 heavy (non-hydrogen) atoms. The molecule has 2 rings (SSSR count). The van der Waals surface area contributed by atoms with E-state index in [-0.39, 0.29) is 11.9 Å². The number of aryl methyl sites for hydroxylation is 1. The zero-order valence-corrected chi connectivity index (χ0v) is 16.0.